The van der Waals surface area contributed by atoms with E-state index in [1.807, 2.05) is 78.1 Å². The molecule has 28 nitrogen and oxygen atoms in total. The number of likely N-dealkylation sites (tertiary alicyclic amines) is 4. The normalized spacial score (nSPS) is 18.0. The highest BCUT2D eigenvalue weighted by atomic mass is 16.2. The molecule has 0 saturated carbocycles. The molecule has 0 radical (unpaired) electrons. The molecule has 6 aliphatic rings. The Morgan fingerprint density at radius 3 is 1.01 bits per heavy atom. The van der Waals surface area contributed by atoms with Gasteiger partial charge in [-0.3, -0.25) is 53.2 Å². The van der Waals surface area contributed by atoms with Gasteiger partial charge in [0, 0.05) is 191 Å². The summed E-state index contributed by atoms with van der Waals surface area (Å²) in [6, 6.07) is 14.1. The molecule has 6 saturated heterocycles. The summed E-state index contributed by atoms with van der Waals surface area (Å²) >= 11 is 0. The second-order valence-corrected chi connectivity index (χ2v) is 44.8. The summed E-state index contributed by atoms with van der Waals surface area (Å²) < 4.78 is 0. The highest BCUT2D eigenvalue weighted by Crippen LogP contribution is 2.27. The van der Waals surface area contributed by atoms with Gasteiger partial charge in [0.25, 0.3) is 0 Å². The number of hydrogen-bond acceptors (Lipinski definition) is 21. The van der Waals surface area contributed by atoms with Gasteiger partial charge in [-0.1, -0.05) is 85.7 Å². The topological polar surface area (TPSA) is 214 Å². The summed E-state index contributed by atoms with van der Waals surface area (Å²) in [7, 11) is 32.7. The molecular weight excluding hydrogens is 1680 g/mol. The molecule has 28 heteroatoms. The molecule has 1 aromatic carbocycles. The maximum absolute atomic E-state index is 13.0. The van der Waals surface area contributed by atoms with Crippen molar-refractivity contribution in [1.82, 2.24) is 104 Å². The SMILES string of the molecule is CC(C)N1CCC(C(=O)N(C)CCCN(C)C)CC1.CC(C)N1CCC(C(=O)N(C)CCN(C)C)CC1.CC(C)N1CCC(C(=O)NCC(C)(C)CN(C)C)CC1.CC(C)N1CCC(C(=O)NCCN(C)C)CC1.CC(C)[C@H](C(=O)N1CCN(C)CC1)N(C)C(C)C.CC(C)[C@H](C(=O)N1CCN(Cc2ccccc2)CC1)N(C)C(C)C.CC(C)[C@H](C(=O)NCCCN(C)C)N(C)C(C)C. The fourth-order valence-electron chi connectivity index (χ4n) is 18.3. The Bertz CT molecular complexity index is 3260. The quantitative estimate of drug-likeness (QED) is 0.0521. The van der Waals surface area contributed by atoms with E-state index in [0.29, 0.717) is 83.7 Å². The fourth-order valence-corrected chi connectivity index (χ4v) is 18.3. The van der Waals surface area contributed by atoms with Crippen molar-refractivity contribution in [1.29, 1.82) is 0 Å². The maximum Gasteiger partial charge on any atom is 0.240 e. The van der Waals surface area contributed by atoms with Crippen LogP contribution in [0.1, 0.15) is 222 Å². The predicted octanol–water partition coefficient (Wildman–Crippen LogP) is 10.5. The van der Waals surface area contributed by atoms with Crippen LogP contribution in [0.3, 0.4) is 0 Å². The van der Waals surface area contributed by atoms with Gasteiger partial charge >= 0.3 is 0 Å². The summed E-state index contributed by atoms with van der Waals surface area (Å²) in [6.45, 7) is 73.4. The van der Waals surface area contributed by atoms with Gasteiger partial charge in [-0.05, 0) is 354 Å². The largest absolute Gasteiger partial charge is 0.355 e. The van der Waals surface area contributed by atoms with Crippen molar-refractivity contribution < 1.29 is 33.6 Å². The zero-order valence-electron chi connectivity index (χ0n) is 93.8. The lowest BCUT2D eigenvalue weighted by Gasteiger charge is -2.40. The Hall–Kier alpha value is -5.05. The molecule has 0 spiro atoms. The van der Waals surface area contributed by atoms with Gasteiger partial charge in [-0.2, -0.15) is 0 Å². The van der Waals surface area contributed by atoms with Crippen LogP contribution in [0.2, 0.25) is 0 Å². The van der Waals surface area contributed by atoms with Crippen molar-refractivity contribution in [3.63, 3.8) is 0 Å². The van der Waals surface area contributed by atoms with Crippen LogP contribution in [-0.2, 0) is 40.1 Å². The van der Waals surface area contributed by atoms with Crippen LogP contribution < -0.4 is 16.0 Å². The van der Waals surface area contributed by atoms with E-state index >= 15 is 0 Å². The van der Waals surface area contributed by atoms with E-state index in [1.54, 1.807) is 0 Å². The molecule has 6 aliphatic heterocycles. The average Bonchev–Trinajstić information content (AvgIpc) is 0.831. The van der Waals surface area contributed by atoms with E-state index in [0.717, 1.165) is 241 Å². The molecule has 0 aliphatic carbocycles. The number of piperazine rings is 2. The van der Waals surface area contributed by atoms with Crippen molar-refractivity contribution in [3.8, 4) is 0 Å². The van der Waals surface area contributed by atoms with E-state index < -0.39 is 0 Å². The summed E-state index contributed by atoms with van der Waals surface area (Å²) in [6.07, 6.45) is 10.1. The van der Waals surface area contributed by atoms with Crippen LogP contribution in [0.25, 0.3) is 0 Å². The molecule has 7 rings (SSSR count). The molecule has 784 valence electrons. The Balaban J connectivity index is 0.000000784. The number of hydrogen-bond donors (Lipinski definition) is 3. The lowest BCUT2D eigenvalue weighted by Crippen LogP contribution is -2.56. The molecule has 7 amide bonds. The van der Waals surface area contributed by atoms with E-state index in [4.69, 9.17) is 0 Å². The molecule has 134 heavy (non-hydrogen) atoms. The summed E-state index contributed by atoms with van der Waals surface area (Å²) in [4.78, 5) is 126. The minimum atomic E-state index is -0.0376. The second-order valence-electron chi connectivity index (χ2n) is 44.8. The lowest BCUT2D eigenvalue weighted by atomic mass is 9.91. The number of rotatable bonds is 40. The Labute approximate surface area is 823 Å². The highest BCUT2D eigenvalue weighted by molar-refractivity contribution is 5.84. The van der Waals surface area contributed by atoms with Gasteiger partial charge in [-0.25, -0.2) is 0 Å². The number of carbonyl (C=O) groups is 7. The van der Waals surface area contributed by atoms with Gasteiger partial charge in [0.1, 0.15) is 0 Å². The Kier molecular flexibility index (Phi) is 63.8. The summed E-state index contributed by atoms with van der Waals surface area (Å²) in [5.74, 6) is 3.86. The van der Waals surface area contributed by atoms with Crippen LogP contribution in [0, 0.1) is 46.8 Å². The first-order chi connectivity index (χ1) is 62.5. The number of nitrogens with zero attached hydrogens (tertiary/aromatic N) is 18. The van der Waals surface area contributed by atoms with Crippen molar-refractivity contribution in [2.45, 2.75) is 283 Å². The number of piperidine rings is 4. The summed E-state index contributed by atoms with van der Waals surface area (Å²) in [5, 5.41) is 9.23. The van der Waals surface area contributed by atoms with Crippen LogP contribution in [-0.4, -0.2) is 473 Å². The first-order valence-corrected chi connectivity index (χ1v) is 52.3. The maximum atomic E-state index is 13.0. The molecule has 0 aromatic heterocycles. The summed E-state index contributed by atoms with van der Waals surface area (Å²) in [5.41, 5.74) is 1.47. The first-order valence-electron chi connectivity index (χ1n) is 52.3. The van der Waals surface area contributed by atoms with Crippen LogP contribution in [0.15, 0.2) is 30.3 Å². The third-order valence-electron chi connectivity index (χ3n) is 27.8. The number of amides is 7. The molecule has 3 atom stereocenters. The smallest absolute Gasteiger partial charge is 0.240 e. The van der Waals surface area contributed by atoms with Crippen molar-refractivity contribution in [2.75, 3.05) is 283 Å². The third-order valence-corrected chi connectivity index (χ3v) is 27.8. The molecule has 0 bridgehead atoms. The molecule has 3 N–H and O–H groups in total. The second kappa shape index (κ2) is 67.4. The number of benzene rings is 1. The fraction of sp³-hybridized carbons (Fsp3) is 0.877. The molecule has 0 unspecified atom stereocenters. The zero-order valence-corrected chi connectivity index (χ0v) is 93.8. The Morgan fingerprint density at radius 1 is 0.351 bits per heavy atom. The van der Waals surface area contributed by atoms with E-state index in [1.165, 1.54) is 5.56 Å². The van der Waals surface area contributed by atoms with Crippen LogP contribution in [0.5, 0.6) is 0 Å². The highest BCUT2D eigenvalue weighted by Gasteiger charge is 2.38. The minimum absolute atomic E-state index is 0.00778. The van der Waals surface area contributed by atoms with Crippen LogP contribution in [0.4, 0.5) is 0 Å². The van der Waals surface area contributed by atoms with Gasteiger partial charge in [0.15, 0.2) is 0 Å². The zero-order chi connectivity index (χ0) is 102. The predicted molar refractivity (Wildman–Crippen MR) is 565 cm³/mol. The number of carbonyl (C=O) groups excluding carboxylic acids is 7. The van der Waals surface area contributed by atoms with Gasteiger partial charge in [-0.15, -0.1) is 0 Å². The van der Waals surface area contributed by atoms with Crippen LogP contribution >= 0.6 is 0 Å². The molecular formula is C106H213N21O7. The van der Waals surface area contributed by atoms with Crippen molar-refractivity contribution in [3.05, 3.63) is 35.9 Å². The van der Waals surface area contributed by atoms with E-state index in [-0.39, 0.29) is 64.9 Å². The average molecular weight is 1890 g/mol. The minimum Gasteiger partial charge on any atom is -0.355 e. The van der Waals surface area contributed by atoms with E-state index in [2.05, 4.69) is 321 Å². The molecule has 6 fully saturated rings. The molecule has 6 heterocycles. The third kappa shape index (κ3) is 51.4. The van der Waals surface area contributed by atoms with Crippen molar-refractivity contribution >= 4 is 41.4 Å². The monoisotopic (exact) mass is 1890 g/mol. The lowest BCUT2D eigenvalue weighted by molar-refractivity contribution is -0.141. The first kappa shape index (κ1) is 127. The van der Waals surface area contributed by atoms with E-state index in [9.17, 15) is 33.6 Å². The molecule has 1 aromatic rings. The number of nitrogens with one attached hydrogen (secondary N) is 3. The Morgan fingerprint density at radius 2 is 0.679 bits per heavy atom. The van der Waals surface area contributed by atoms with Gasteiger partial charge in [0.2, 0.25) is 41.4 Å². The van der Waals surface area contributed by atoms with Crippen molar-refractivity contribution in [2.24, 2.45) is 46.8 Å². The standard InChI is InChI=1S/C20H33N3O.C16H33N3O.C15H31N3O.2C14H29N3O.C14H31N3O.C13H27N3O/c1-16(2)19(21(5)17(3)4)20(24)23-13-11-22(12-14-23)15-18-9-7-6-8-10-18;1-13(2)19-9-7-14(8-10-19)15(20)17-11-16(3,4)12-18(5)6;1-13(2)18-11-7-14(8-12-18)15(19)17(5)10-6-9-16(3)4;1-11(2)13(16(6)12(3)4)14(18)17-9-7-15(5)8-10-17;1-12(2)17-8-6-13(7-9-17)14(18)16(5)11-10-15(3)4;1-11(2)13(17(7)12(3)4)14(18)15-9-8-10-16(5)6;1-11(2)16-8-5-12(6-9-16)13(17)14-7-10-15(3)4/h6-10,16-17,19H,11-15H2,1-5H3;13-14H,7-12H2,1-6H3,(H,17,20);13-14H,6-12H2,1-5H3;11-13H,7-10H2,1-6H3;12-13H,6-11H2,1-5H3;11-13H,8-10H2,1-7H3,(H,15,18);11-12H,5-10H2,1-4H3,(H,14,17)/t19-;;;13-;;13-;/m1..1.1./s1. The van der Waals surface area contributed by atoms with Gasteiger partial charge in [0.05, 0.1) is 18.1 Å². The number of likely N-dealkylation sites (N-methyl/N-ethyl adjacent to an activating group) is 7. The van der Waals surface area contributed by atoms with Gasteiger partial charge < -0.3 is 84.5 Å².